The minimum Gasteiger partial charge on any atom is -0.472 e. The van der Waals surface area contributed by atoms with Crippen molar-refractivity contribution in [1.82, 2.24) is 20.1 Å². The van der Waals surface area contributed by atoms with Gasteiger partial charge in [-0.3, -0.25) is 14.4 Å². The Hall–Kier alpha value is -4.66. The number of nitrogens with zero attached hydrogens (tertiary/aromatic N) is 4. The number of carbonyl (C=O) groups is 4. The van der Waals surface area contributed by atoms with Crippen molar-refractivity contribution in [3.63, 3.8) is 0 Å². The van der Waals surface area contributed by atoms with Gasteiger partial charge in [0.15, 0.2) is 11.6 Å². The Morgan fingerprint density at radius 1 is 1.19 bits per heavy atom. The number of benzene rings is 1. The number of hydrogen-bond donors (Lipinski definition) is 2. The predicted octanol–water partition coefficient (Wildman–Crippen LogP) is 2.43. The predicted molar refractivity (Wildman–Crippen MR) is 150 cm³/mol. The molecule has 2 aromatic rings. The zero-order chi connectivity index (χ0) is 30.2. The zero-order valence-corrected chi connectivity index (χ0v) is 24.0. The molecule has 0 bridgehead atoms. The van der Waals surface area contributed by atoms with Gasteiger partial charge in [0.2, 0.25) is 17.4 Å². The number of amides is 4. The van der Waals surface area contributed by atoms with Crippen LogP contribution in [0.5, 0.6) is 5.75 Å². The smallest absolute Gasteiger partial charge is 0.407 e. The molecule has 42 heavy (non-hydrogen) atoms. The molecular formula is C30H34N6O6. The third kappa shape index (κ3) is 5.22. The van der Waals surface area contributed by atoms with Crippen LogP contribution in [0.4, 0.5) is 10.6 Å². The van der Waals surface area contributed by atoms with Gasteiger partial charge in [0.25, 0.3) is 5.91 Å². The van der Waals surface area contributed by atoms with Crippen LogP contribution in [0.1, 0.15) is 45.1 Å². The molecule has 220 valence electrons. The number of nitrogens with one attached hydrogen (secondary N) is 2. The molecule has 3 aliphatic rings. The average Bonchev–Trinajstić information content (AvgIpc) is 3.59. The van der Waals surface area contributed by atoms with Gasteiger partial charge in [-0.2, -0.15) is 5.26 Å². The van der Waals surface area contributed by atoms with Crippen LogP contribution >= 0.6 is 0 Å². The van der Waals surface area contributed by atoms with E-state index in [1.165, 1.54) is 23.1 Å². The van der Waals surface area contributed by atoms with E-state index >= 15 is 0 Å². The summed E-state index contributed by atoms with van der Waals surface area (Å²) in [6.07, 6.45) is 1.04. The highest BCUT2D eigenvalue weighted by Gasteiger charge is 2.57. The maximum absolute atomic E-state index is 14.3. The number of carbonyl (C=O) groups excluding carboxylic acids is 4. The average molecular weight is 575 g/mol. The SMILES string of the molecule is COC(=O)N[C@H](C(=O)N1C[C@@H](c2ccccc2)C[C@H]1C(=O)N1C[C@@]2(CC1C#N)Oc1cccnc1NC2=O)C(C)(C)C. The van der Waals surface area contributed by atoms with Crippen LogP contribution in [0.3, 0.4) is 0 Å². The number of rotatable bonds is 4. The fraction of sp³-hybridized carbons (Fsp3) is 0.467. The largest absolute Gasteiger partial charge is 0.472 e. The maximum atomic E-state index is 14.3. The molecule has 1 aromatic heterocycles. The molecule has 2 saturated heterocycles. The van der Waals surface area contributed by atoms with E-state index in [2.05, 4.69) is 21.7 Å². The summed E-state index contributed by atoms with van der Waals surface area (Å²) >= 11 is 0. The van der Waals surface area contributed by atoms with E-state index in [-0.39, 0.29) is 31.2 Å². The van der Waals surface area contributed by atoms with Gasteiger partial charge in [0.05, 0.1) is 19.7 Å². The molecule has 4 heterocycles. The zero-order valence-electron chi connectivity index (χ0n) is 24.0. The van der Waals surface area contributed by atoms with Crippen LogP contribution in [0.25, 0.3) is 0 Å². The van der Waals surface area contributed by atoms with Crippen LogP contribution in [0.2, 0.25) is 0 Å². The van der Waals surface area contributed by atoms with Gasteiger partial charge < -0.3 is 29.9 Å². The third-order valence-corrected chi connectivity index (χ3v) is 8.18. The Balaban J connectivity index is 1.47. The first-order valence-corrected chi connectivity index (χ1v) is 13.8. The van der Waals surface area contributed by atoms with Crippen molar-refractivity contribution in [2.75, 3.05) is 25.5 Å². The van der Waals surface area contributed by atoms with Crippen LogP contribution in [-0.4, -0.2) is 82.5 Å². The number of likely N-dealkylation sites (tertiary alicyclic amines) is 2. The quantitative estimate of drug-likeness (QED) is 0.565. The number of nitriles is 1. The minimum absolute atomic E-state index is 0.0350. The molecule has 12 nitrogen and oxygen atoms in total. The first-order chi connectivity index (χ1) is 20.0. The number of anilines is 1. The van der Waals surface area contributed by atoms with Crippen molar-refractivity contribution < 1.29 is 28.7 Å². The first kappa shape index (κ1) is 28.9. The molecule has 2 fully saturated rings. The summed E-state index contributed by atoms with van der Waals surface area (Å²) in [7, 11) is 1.22. The van der Waals surface area contributed by atoms with Crippen molar-refractivity contribution in [3.8, 4) is 11.8 Å². The summed E-state index contributed by atoms with van der Waals surface area (Å²) in [5.74, 6) is -0.904. The van der Waals surface area contributed by atoms with Gasteiger partial charge in [0.1, 0.15) is 18.1 Å². The van der Waals surface area contributed by atoms with E-state index < -0.39 is 53.0 Å². The molecule has 0 saturated carbocycles. The number of ether oxygens (including phenoxy) is 2. The van der Waals surface area contributed by atoms with Crippen LogP contribution in [0, 0.1) is 16.7 Å². The molecule has 1 aromatic carbocycles. The monoisotopic (exact) mass is 574 g/mol. The van der Waals surface area contributed by atoms with Crippen molar-refractivity contribution in [3.05, 3.63) is 54.2 Å². The van der Waals surface area contributed by atoms with Gasteiger partial charge in [-0.05, 0) is 29.5 Å². The summed E-state index contributed by atoms with van der Waals surface area (Å²) in [5.41, 5.74) is -1.21. The molecule has 5 atom stereocenters. The fourth-order valence-corrected chi connectivity index (χ4v) is 5.97. The molecule has 4 amide bonds. The van der Waals surface area contributed by atoms with Gasteiger partial charge in [-0.25, -0.2) is 9.78 Å². The number of hydrogen-bond acceptors (Lipinski definition) is 8. The van der Waals surface area contributed by atoms with Crippen LogP contribution in [0.15, 0.2) is 48.7 Å². The normalized spacial score (nSPS) is 25.6. The Bertz CT molecular complexity index is 1440. The standard InChI is InChI=1S/C30H34N6O6/c1-29(2,3)23(33-28(40)41-4)26(38)35-16-19(18-9-6-5-7-10-18)13-21(35)25(37)36-17-30(14-20(36)15-31)27(39)34-24-22(42-30)11-8-12-32-24/h5-12,19-21,23H,13-14,16-17H2,1-4H3,(H,33,40)(H,32,34,39)/t19-,20?,21-,23+,30+/m0/s1. The molecule has 5 rings (SSSR count). The highest BCUT2D eigenvalue weighted by atomic mass is 16.5. The summed E-state index contributed by atoms with van der Waals surface area (Å²) in [4.78, 5) is 60.8. The van der Waals surface area contributed by atoms with Gasteiger partial charge >= 0.3 is 6.09 Å². The van der Waals surface area contributed by atoms with Crippen molar-refractivity contribution in [1.29, 1.82) is 5.26 Å². The van der Waals surface area contributed by atoms with Crippen LogP contribution < -0.4 is 15.4 Å². The number of fused-ring (bicyclic) bond motifs is 1. The van der Waals surface area contributed by atoms with Crippen LogP contribution in [-0.2, 0) is 19.1 Å². The molecule has 12 heteroatoms. The lowest BCUT2D eigenvalue weighted by Crippen LogP contribution is -2.59. The first-order valence-electron chi connectivity index (χ1n) is 13.8. The topological polar surface area (TPSA) is 154 Å². The summed E-state index contributed by atoms with van der Waals surface area (Å²) in [6, 6.07) is 12.2. The molecular weight excluding hydrogens is 540 g/mol. The lowest BCUT2D eigenvalue weighted by atomic mass is 9.85. The molecule has 1 unspecified atom stereocenters. The number of aromatic nitrogens is 1. The third-order valence-electron chi connectivity index (χ3n) is 8.18. The fourth-order valence-electron chi connectivity index (χ4n) is 5.97. The number of alkyl carbamates (subject to hydrolysis) is 1. The molecule has 1 spiro atoms. The second-order valence-electron chi connectivity index (χ2n) is 12.0. The van der Waals surface area contributed by atoms with E-state index in [1.54, 1.807) is 12.1 Å². The van der Waals surface area contributed by atoms with Crippen molar-refractivity contribution >= 4 is 29.6 Å². The Labute approximate surface area is 244 Å². The van der Waals surface area contributed by atoms with E-state index in [4.69, 9.17) is 9.47 Å². The van der Waals surface area contributed by atoms with E-state index in [0.717, 1.165) is 5.56 Å². The number of methoxy groups -OCH3 is 1. The van der Waals surface area contributed by atoms with Crippen molar-refractivity contribution in [2.45, 2.75) is 63.3 Å². The summed E-state index contributed by atoms with van der Waals surface area (Å²) < 4.78 is 10.9. The highest BCUT2D eigenvalue weighted by Crippen LogP contribution is 2.41. The Morgan fingerprint density at radius 3 is 2.60 bits per heavy atom. The molecule has 0 aliphatic carbocycles. The lowest BCUT2D eigenvalue weighted by molar-refractivity contribution is -0.147. The lowest BCUT2D eigenvalue weighted by Gasteiger charge is -2.36. The second kappa shape index (κ2) is 11.0. The summed E-state index contributed by atoms with van der Waals surface area (Å²) in [5, 5.41) is 15.4. The highest BCUT2D eigenvalue weighted by molar-refractivity contribution is 6.01. The van der Waals surface area contributed by atoms with Gasteiger partial charge in [-0.15, -0.1) is 0 Å². The van der Waals surface area contributed by atoms with E-state index in [0.29, 0.717) is 12.2 Å². The Morgan fingerprint density at radius 2 is 1.93 bits per heavy atom. The molecule has 2 N–H and O–H groups in total. The van der Waals surface area contributed by atoms with Gasteiger partial charge in [0, 0.05) is 25.1 Å². The minimum atomic E-state index is -1.47. The van der Waals surface area contributed by atoms with Gasteiger partial charge in [-0.1, -0.05) is 51.1 Å². The van der Waals surface area contributed by atoms with Crippen molar-refractivity contribution in [2.24, 2.45) is 5.41 Å². The summed E-state index contributed by atoms with van der Waals surface area (Å²) in [6.45, 7) is 5.51. The second-order valence-corrected chi connectivity index (χ2v) is 12.0. The molecule has 0 radical (unpaired) electrons. The maximum Gasteiger partial charge on any atom is 0.407 e. The van der Waals surface area contributed by atoms with E-state index in [9.17, 15) is 24.4 Å². The molecule has 3 aliphatic heterocycles. The van der Waals surface area contributed by atoms with E-state index in [1.807, 2.05) is 51.1 Å². The Kier molecular flexibility index (Phi) is 7.53. The number of pyridine rings is 1.